The number of nitriles is 1. The topological polar surface area (TPSA) is 77.1 Å². The van der Waals surface area contributed by atoms with E-state index in [0.717, 1.165) is 0 Å². The molecule has 1 atom stereocenters. The lowest BCUT2D eigenvalue weighted by atomic mass is 10.3. The van der Waals surface area contributed by atoms with Crippen molar-refractivity contribution in [3.8, 4) is 6.07 Å². The summed E-state index contributed by atoms with van der Waals surface area (Å²) >= 11 is 1.31. The Morgan fingerprint density at radius 2 is 2.43 bits per heavy atom. The number of rotatable bonds is 4. The number of aliphatic hydroxyl groups is 2. The smallest absolute Gasteiger partial charge is 0.0993 e. The molecule has 5 heteroatoms. The fraction of sp³-hybridized carbons (Fsp3) is 0.333. The fourth-order valence-electron chi connectivity index (χ4n) is 0.792. The van der Waals surface area contributed by atoms with E-state index in [1.807, 2.05) is 6.07 Å². The van der Waals surface area contributed by atoms with E-state index in [9.17, 15) is 0 Å². The summed E-state index contributed by atoms with van der Waals surface area (Å²) in [7, 11) is 0. The third kappa shape index (κ3) is 3.34. The highest BCUT2D eigenvalue weighted by molar-refractivity contribution is 7.99. The zero-order valence-corrected chi connectivity index (χ0v) is 8.24. The van der Waals surface area contributed by atoms with Crippen LogP contribution in [0.5, 0.6) is 0 Å². The first-order valence-corrected chi connectivity index (χ1v) is 5.02. The summed E-state index contributed by atoms with van der Waals surface area (Å²) < 4.78 is 0. The van der Waals surface area contributed by atoms with Gasteiger partial charge in [0, 0.05) is 11.9 Å². The molecule has 0 aliphatic heterocycles. The van der Waals surface area contributed by atoms with E-state index in [4.69, 9.17) is 15.5 Å². The summed E-state index contributed by atoms with van der Waals surface area (Å²) in [5, 5.41) is 26.9. The second-order valence-electron chi connectivity index (χ2n) is 2.64. The first-order chi connectivity index (χ1) is 6.76. The molecule has 0 saturated heterocycles. The Hall–Kier alpha value is -1.09. The number of hydrogen-bond acceptors (Lipinski definition) is 5. The molecule has 74 valence electrons. The highest BCUT2D eigenvalue weighted by Crippen LogP contribution is 2.16. The van der Waals surface area contributed by atoms with Crippen LogP contribution in [0.1, 0.15) is 5.56 Å². The third-order valence-corrected chi connectivity index (χ3v) is 2.57. The van der Waals surface area contributed by atoms with Gasteiger partial charge in [-0.15, -0.1) is 11.8 Å². The number of aromatic nitrogens is 1. The average molecular weight is 210 g/mol. The lowest BCUT2D eigenvalue weighted by molar-refractivity contribution is 0.113. The van der Waals surface area contributed by atoms with Gasteiger partial charge in [-0.2, -0.15) is 5.26 Å². The van der Waals surface area contributed by atoms with Gasteiger partial charge in [0.05, 0.1) is 29.4 Å². The van der Waals surface area contributed by atoms with Gasteiger partial charge in [-0.3, -0.25) is 0 Å². The number of pyridine rings is 1. The zero-order chi connectivity index (χ0) is 10.4. The maximum Gasteiger partial charge on any atom is 0.0993 e. The van der Waals surface area contributed by atoms with E-state index in [0.29, 0.717) is 16.3 Å². The van der Waals surface area contributed by atoms with Crippen molar-refractivity contribution < 1.29 is 10.2 Å². The molecule has 0 amide bonds. The molecule has 1 aromatic heterocycles. The Morgan fingerprint density at radius 1 is 1.64 bits per heavy atom. The molecule has 0 radical (unpaired) electrons. The predicted molar refractivity (Wildman–Crippen MR) is 52.8 cm³/mol. The second kappa shape index (κ2) is 5.60. The largest absolute Gasteiger partial charge is 0.394 e. The van der Waals surface area contributed by atoms with Gasteiger partial charge in [-0.1, -0.05) is 0 Å². The van der Waals surface area contributed by atoms with Crippen LogP contribution in [0.3, 0.4) is 0 Å². The standard InChI is InChI=1S/C9H10N2O2S/c10-4-7-1-2-11-9(3-7)14-6-8(13)5-12/h1-3,8,12-13H,5-6H2. The van der Waals surface area contributed by atoms with Gasteiger partial charge in [0.25, 0.3) is 0 Å². The Bertz CT molecular complexity index is 338. The van der Waals surface area contributed by atoms with E-state index in [1.165, 1.54) is 11.8 Å². The van der Waals surface area contributed by atoms with Crippen molar-refractivity contribution in [3.63, 3.8) is 0 Å². The molecule has 1 unspecified atom stereocenters. The summed E-state index contributed by atoms with van der Waals surface area (Å²) in [6, 6.07) is 5.27. The molecule has 0 fully saturated rings. The Morgan fingerprint density at radius 3 is 3.07 bits per heavy atom. The Kier molecular flexibility index (Phi) is 4.40. The van der Waals surface area contributed by atoms with Crippen LogP contribution in [0.25, 0.3) is 0 Å². The number of aliphatic hydroxyl groups excluding tert-OH is 2. The Labute approximate surface area is 86.2 Å². The SMILES string of the molecule is N#Cc1ccnc(SCC(O)CO)c1. The molecule has 0 aromatic carbocycles. The van der Waals surface area contributed by atoms with Crippen LogP contribution in [0, 0.1) is 11.3 Å². The monoisotopic (exact) mass is 210 g/mol. The van der Waals surface area contributed by atoms with Crippen molar-refractivity contribution in [3.05, 3.63) is 23.9 Å². The van der Waals surface area contributed by atoms with Crippen molar-refractivity contribution in [2.45, 2.75) is 11.1 Å². The van der Waals surface area contributed by atoms with Crippen LogP contribution in [0.4, 0.5) is 0 Å². The van der Waals surface area contributed by atoms with E-state index in [2.05, 4.69) is 4.98 Å². The first kappa shape index (κ1) is 11.0. The first-order valence-electron chi connectivity index (χ1n) is 4.04. The quantitative estimate of drug-likeness (QED) is 0.703. The van der Waals surface area contributed by atoms with E-state index in [1.54, 1.807) is 18.3 Å². The van der Waals surface area contributed by atoms with Crippen LogP contribution < -0.4 is 0 Å². The summed E-state index contributed by atoms with van der Waals surface area (Å²) in [5.41, 5.74) is 0.543. The maximum atomic E-state index is 9.08. The Balaban J connectivity index is 2.55. The van der Waals surface area contributed by atoms with Crippen LogP contribution in [-0.2, 0) is 0 Å². The van der Waals surface area contributed by atoms with Crippen molar-refractivity contribution in [1.29, 1.82) is 5.26 Å². The van der Waals surface area contributed by atoms with Gasteiger partial charge in [0.1, 0.15) is 0 Å². The van der Waals surface area contributed by atoms with Gasteiger partial charge < -0.3 is 10.2 Å². The molecule has 0 aliphatic rings. The van der Waals surface area contributed by atoms with Crippen LogP contribution in [0.15, 0.2) is 23.4 Å². The van der Waals surface area contributed by atoms with Crippen molar-refractivity contribution in [2.24, 2.45) is 0 Å². The van der Waals surface area contributed by atoms with Gasteiger partial charge in [-0.05, 0) is 12.1 Å². The molecular weight excluding hydrogens is 200 g/mol. The van der Waals surface area contributed by atoms with E-state index < -0.39 is 6.10 Å². The summed E-state index contributed by atoms with van der Waals surface area (Å²) in [6.07, 6.45) is 0.805. The fourth-order valence-corrected chi connectivity index (χ4v) is 1.61. The van der Waals surface area contributed by atoms with E-state index >= 15 is 0 Å². The maximum absolute atomic E-state index is 9.08. The minimum Gasteiger partial charge on any atom is -0.394 e. The summed E-state index contributed by atoms with van der Waals surface area (Å²) in [4.78, 5) is 4.01. The highest BCUT2D eigenvalue weighted by atomic mass is 32.2. The molecule has 0 saturated carbocycles. The van der Waals surface area contributed by atoms with E-state index in [-0.39, 0.29) is 6.61 Å². The van der Waals surface area contributed by atoms with Gasteiger partial charge in [0.15, 0.2) is 0 Å². The molecule has 0 aliphatic carbocycles. The zero-order valence-electron chi connectivity index (χ0n) is 7.42. The summed E-state index contributed by atoms with van der Waals surface area (Å²) in [6.45, 7) is -0.259. The van der Waals surface area contributed by atoms with Crippen LogP contribution >= 0.6 is 11.8 Å². The lowest BCUT2D eigenvalue weighted by Crippen LogP contribution is -2.14. The molecule has 1 aromatic rings. The van der Waals surface area contributed by atoms with Crippen LogP contribution in [-0.4, -0.2) is 33.7 Å². The molecule has 14 heavy (non-hydrogen) atoms. The number of thioether (sulfide) groups is 1. The second-order valence-corrected chi connectivity index (χ2v) is 3.68. The molecule has 1 rings (SSSR count). The van der Waals surface area contributed by atoms with Gasteiger partial charge >= 0.3 is 0 Å². The minimum atomic E-state index is -0.743. The number of nitrogens with zero attached hydrogens (tertiary/aromatic N) is 2. The van der Waals surface area contributed by atoms with Crippen molar-refractivity contribution in [1.82, 2.24) is 4.98 Å². The average Bonchev–Trinajstić information content (AvgIpc) is 2.26. The summed E-state index contributed by atoms with van der Waals surface area (Å²) in [5.74, 6) is 0.373. The predicted octanol–water partition coefficient (Wildman–Crippen LogP) is 0.399. The minimum absolute atomic E-state index is 0.259. The molecule has 1 heterocycles. The highest BCUT2D eigenvalue weighted by Gasteiger charge is 2.04. The van der Waals surface area contributed by atoms with Gasteiger partial charge in [0.2, 0.25) is 0 Å². The van der Waals surface area contributed by atoms with Crippen molar-refractivity contribution >= 4 is 11.8 Å². The molecule has 0 bridgehead atoms. The normalized spacial score (nSPS) is 12.1. The lowest BCUT2D eigenvalue weighted by Gasteiger charge is -2.05. The van der Waals surface area contributed by atoms with Gasteiger partial charge in [-0.25, -0.2) is 4.98 Å². The molecular formula is C9H10N2O2S. The molecule has 0 spiro atoms. The van der Waals surface area contributed by atoms with Crippen LogP contribution in [0.2, 0.25) is 0 Å². The molecule has 2 N–H and O–H groups in total. The number of hydrogen-bond donors (Lipinski definition) is 2. The van der Waals surface area contributed by atoms with Crippen molar-refractivity contribution in [2.75, 3.05) is 12.4 Å². The third-order valence-electron chi connectivity index (χ3n) is 1.50. The molecule has 4 nitrogen and oxygen atoms in total.